The zero-order valence-corrected chi connectivity index (χ0v) is 11.6. The second-order valence-electron chi connectivity index (χ2n) is 4.84. The third-order valence-electron chi connectivity index (χ3n) is 3.49. The Morgan fingerprint density at radius 3 is 2.95 bits per heavy atom. The van der Waals surface area contributed by atoms with Crippen LogP contribution in [0.2, 0.25) is 0 Å². The number of rotatable bonds is 2. The predicted molar refractivity (Wildman–Crippen MR) is 76.9 cm³/mol. The number of thioether (sulfide) groups is 1. The van der Waals surface area contributed by atoms with Crippen LogP contribution in [0.3, 0.4) is 0 Å². The minimum atomic E-state index is 0.0415. The smallest absolute Gasteiger partial charge is 0.317 e. The van der Waals surface area contributed by atoms with E-state index in [9.17, 15) is 4.79 Å². The van der Waals surface area contributed by atoms with Gasteiger partial charge < -0.3 is 15.0 Å². The second kappa shape index (κ2) is 5.74. The molecule has 4 nitrogen and oxygen atoms in total. The average molecular weight is 278 g/mol. The van der Waals surface area contributed by atoms with Crippen LogP contribution in [0.25, 0.3) is 0 Å². The third kappa shape index (κ3) is 2.97. The van der Waals surface area contributed by atoms with E-state index >= 15 is 0 Å². The summed E-state index contributed by atoms with van der Waals surface area (Å²) >= 11 is 1.90. The molecule has 1 fully saturated rings. The van der Waals surface area contributed by atoms with Crippen molar-refractivity contribution < 1.29 is 9.53 Å². The van der Waals surface area contributed by atoms with E-state index in [-0.39, 0.29) is 12.1 Å². The number of carbonyl (C=O) groups is 1. The molecule has 1 atom stereocenters. The number of ether oxygens (including phenoxy) is 1. The minimum absolute atomic E-state index is 0.0415. The molecular weight excluding hydrogens is 260 g/mol. The fourth-order valence-corrected chi connectivity index (χ4v) is 3.35. The van der Waals surface area contributed by atoms with Gasteiger partial charge >= 0.3 is 6.03 Å². The number of nitrogens with one attached hydrogen (secondary N) is 1. The highest BCUT2D eigenvalue weighted by Gasteiger charge is 2.24. The fourth-order valence-electron chi connectivity index (χ4n) is 2.45. The number of urea groups is 1. The fraction of sp³-hybridized carbons (Fsp3) is 0.500. The number of hydrogen-bond acceptors (Lipinski definition) is 3. The standard InChI is InChI=1S/C14H18N2O2S/c17-14(16-5-7-19-8-6-16)15-10-12-9-11-3-1-2-4-13(11)18-12/h1-4,12H,5-10H2,(H,15,17)/t12-/m1/s1. The van der Waals surface area contributed by atoms with Crippen molar-refractivity contribution in [1.82, 2.24) is 10.2 Å². The van der Waals surface area contributed by atoms with Crippen LogP contribution in [0.5, 0.6) is 5.75 Å². The zero-order valence-electron chi connectivity index (χ0n) is 10.8. The van der Waals surface area contributed by atoms with Gasteiger partial charge in [-0.05, 0) is 11.6 Å². The molecule has 2 heterocycles. The Labute approximate surface area is 117 Å². The summed E-state index contributed by atoms with van der Waals surface area (Å²) in [6.45, 7) is 2.28. The molecule has 0 bridgehead atoms. The summed E-state index contributed by atoms with van der Waals surface area (Å²) in [5, 5.41) is 2.98. The van der Waals surface area contributed by atoms with Crippen molar-refractivity contribution in [3.05, 3.63) is 29.8 Å². The molecule has 2 aliphatic rings. The van der Waals surface area contributed by atoms with E-state index in [1.54, 1.807) is 0 Å². The quantitative estimate of drug-likeness (QED) is 0.896. The molecule has 0 spiro atoms. The van der Waals surface area contributed by atoms with Crippen LogP contribution in [-0.4, -0.2) is 48.2 Å². The Hall–Kier alpha value is -1.36. The van der Waals surface area contributed by atoms with Crippen molar-refractivity contribution in [1.29, 1.82) is 0 Å². The SMILES string of the molecule is O=C(NC[C@H]1Cc2ccccc2O1)N1CCSCC1. The maximum atomic E-state index is 12.0. The number of carbonyl (C=O) groups excluding carboxylic acids is 1. The van der Waals surface area contributed by atoms with Gasteiger partial charge in [-0.2, -0.15) is 11.8 Å². The minimum Gasteiger partial charge on any atom is -0.488 e. The Morgan fingerprint density at radius 2 is 2.16 bits per heavy atom. The number of para-hydroxylation sites is 1. The molecule has 19 heavy (non-hydrogen) atoms. The molecule has 0 radical (unpaired) electrons. The Bertz CT molecular complexity index is 436. The Kier molecular flexibility index (Phi) is 3.82. The maximum Gasteiger partial charge on any atom is 0.317 e. The summed E-state index contributed by atoms with van der Waals surface area (Å²) in [4.78, 5) is 13.9. The summed E-state index contributed by atoms with van der Waals surface area (Å²) in [6, 6.07) is 8.11. The predicted octanol–water partition coefficient (Wildman–Crippen LogP) is 1.75. The highest BCUT2D eigenvalue weighted by atomic mass is 32.2. The molecular formula is C14H18N2O2S. The molecule has 1 aromatic carbocycles. The van der Waals surface area contributed by atoms with Crippen LogP contribution in [-0.2, 0) is 6.42 Å². The van der Waals surface area contributed by atoms with Crippen LogP contribution in [0, 0.1) is 0 Å². The third-order valence-corrected chi connectivity index (χ3v) is 4.44. The van der Waals surface area contributed by atoms with Crippen molar-refractivity contribution in [2.45, 2.75) is 12.5 Å². The van der Waals surface area contributed by atoms with Gasteiger partial charge in [-0.3, -0.25) is 0 Å². The van der Waals surface area contributed by atoms with E-state index in [0.717, 1.165) is 36.8 Å². The molecule has 5 heteroatoms. The molecule has 0 aliphatic carbocycles. The van der Waals surface area contributed by atoms with Crippen LogP contribution in [0.1, 0.15) is 5.56 Å². The highest BCUT2D eigenvalue weighted by Crippen LogP contribution is 2.27. The van der Waals surface area contributed by atoms with E-state index in [1.807, 2.05) is 34.9 Å². The van der Waals surface area contributed by atoms with Crippen LogP contribution in [0.15, 0.2) is 24.3 Å². The van der Waals surface area contributed by atoms with Crippen LogP contribution < -0.4 is 10.1 Å². The number of amides is 2. The van der Waals surface area contributed by atoms with Gasteiger partial charge in [0.1, 0.15) is 11.9 Å². The Balaban J connectivity index is 1.47. The van der Waals surface area contributed by atoms with Crippen molar-refractivity contribution in [3.63, 3.8) is 0 Å². The first-order valence-corrected chi connectivity index (χ1v) is 7.83. The first kappa shape index (κ1) is 12.7. The summed E-state index contributed by atoms with van der Waals surface area (Å²) in [5.74, 6) is 3.04. The van der Waals surface area contributed by atoms with E-state index in [4.69, 9.17) is 4.74 Å². The van der Waals surface area contributed by atoms with Gasteiger partial charge in [0.2, 0.25) is 0 Å². The molecule has 3 rings (SSSR count). The summed E-state index contributed by atoms with van der Waals surface area (Å²) in [6.07, 6.45) is 0.951. The molecule has 0 aromatic heterocycles. The zero-order chi connectivity index (χ0) is 13.1. The lowest BCUT2D eigenvalue weighted by Crippen LogP contribution is -2.46. The Morgan fingerprint density at radius 1 is 1.37 bits per heavy atom. The monoisotopic (exact) mass is 278 g/mol. The normalized spacial score (nSPS) is 21.7. The van der Waals surface area contributed by atoms with Gasteiger partial charge in [0.05, 0.1) is 6.54 Å². The number of nitrogens with zero attached hydrogens (tertiary/aromatic N) is 1. The van der Waals surface area contributed by atoms with Gasteiger partial charge in [0, 0.05) is 31.0 Å². The van der Waals surface area contributed by atoms with Crippen molar-refractivity contribution in [2.75, 3.05) is 31.1 Å². The molecule has 2 aliphatic heterocycles. The molecule has 1 saturated heterocycles. The van der Waals surface area contributed by atoms with Gasteiger partial charge in [0.15, 0.2) is 0 Å². The average Bonchev–Trinajstić information content (AvgIpc) is 2.88. The molecule has 0 unspecified atom stereocenters. The second-order valence-corrected chi connectivity index (χ2v) is 6.06. The lowest BCUT2D eigenvalue weighted by atomic mass is 10.1. The van der Waals surface area contributed by atoms with Crippen molar-refractivity contribution >= 4 is 17.8 Å². The molecule has 0 saturated carbocycles. The first-order valence-electron chi connectivity index (χ1n) is 6.68. The topological polar surface area (TPSA) is 41.6 Å². The van der Waals surface area contributed by atoms with Crippen molar-refractivity contribution in [2.24, 2.45) is 0 Å². The first-order chi connectivity index (χ1) is 9.33. The van der Waals surface area contributed by atoms with Gasteiger partial charge in [0.25, 0.3) is 0 Å². The molecule has 1 aromatic rings. The van der Waals surface area contributed by atoms with Crippen LogP contribution in [0.4, 0.5) is 4.79 Å². The number of hydrogen-bond donors (Lipinski definition) is 1. The number of benzene rings is 1. The summed E-state index contributed by atoms with van der Waals surface area (Å²) in [5.41, 5.74) is 1.23. The molecule has 102 valence electrons. The van der Waals surface area contributed by atoms with Gasteiger partial charge in [-0.1, -0.05) is 18.2 Å². The number of fused-ring (bicyclic) bond motifs is 1. The van der Waals surface area contributed by atoms with Gasteiger partial charge in [-0.25, -0.2) is 4.79 Å². The van der Waals surface area contributed by atoms with E-state index in [0.29, 0.717) is 6.54 Å². The summed E-state index contributed by atoms with van der Waals surface area (Å²) in [7, 11) is 0. The molecule has 2 amide bonds. The largest absolute Gasteiger partial charge is 0.488 e. The van der Waals surface area contributed by atoms with E-state index in [1.165, 1.54) is 5.56 Å². The van der Waals surface area contributed by atoms with E-state index < -0.39 is 0 Å². The van der Waals surface area contributed by atoms with E-state index in [2.05, 4.69) is 11.4 Å². The highest BCUT2D eigenvalue weighted by molar-refractivity contribution is 7.99. The lowest BCUT2D eigenvalue weighted by Gasteiger charge is -2.27. The van der Waals surface area contributed by atoms with Crippen LogP contribution >= 0.6 is 11.8 Å². The van der Waals surface area contributed by atoms with Gasteiger partial charge in [-0.15, -0.1) is 0 Å². The lowest BCUT2D eigenvalue weighted by molar-refractivity contribution is 0.188. The van der Waals surface area contributed by atoms with Crippen molar-refractivity contribution in [3.8, 4) is 5.75 Å². The summed E-state index contributed by atoms with van der Waals surface area (Å²) < 4.78 is 5.81. The molecule has 1 N–H and O–H groups in total. The maximum absolute atomic E-state index is 12.0.